The van der Waals surface area contributed by atoms with Gasteiger partial charge in [0, 0.05) is 30.0 Å². The van der Waals surface area contributed by atoms with Gasteiger partial charge in [0.05, 0.1) is 0 Å². The van der Waals surface area contributed by atoms with Gasteiger partial charge >= 0.3 is 6.03 Å². The molecule has 3 atom stereocenters. The van der Waals surface area contributed by atoms with Gasteiger partial charge < -0.3 is 10.6 Å². The van der Waals surface area contributed by atoms with E-state index in [4.69, 9.17) is 0 Å². The van der Waals surface area contributed by atoms with E-state index in [2.05, 4.69) is 22.1 Å². The average Bonchev–Trinajstić information content (AvgIpc) is 3.21. The van der Waals surface area contributed by atoms with Crippen molar-refractivity contribution in [2.45, 2.75) is 24.9 Å². The Morgan fingerprint density at radius 2 is 2.30 bits per heavy atom. The van der Waals surface area contributed by atoms with Crippen LogP contribution in [-0.2, 0) is 0 Å². The number of carbonyl (C=O) groups is 1. The van der Waals surface area contributed by atoms with E-state index in [1.165, 1.54) is 12.0 Å². The summed E-state index contributed by atoms with van der Waals surface area (Å²) in [7, 11) is 0. The molecule has 2 bridgehead atoms. The summed E-state index contributed by atoms with van der Waals surface area (Å²) in [5.41, 5.74) is 2.26. The number of thiophene rings is 1. The predicted molar refractivity (Wildman–Crippen MR) is 80.0 cm³/mol. The number of aromatic nitrogens is 1. The number of piperidine rings is 1. The third kappa shape index (κ3) is 2.07. The molecule has 4 nitrogen and oxygen atoms in total. The van der Waals surface area contributed by atoms with Crippen LogP contribution in [0.5, 0.6) is 0 Å². The lowest BCUT2D eigenvalue weighted by Crippen LogP contribution is -2.48. The highest BCUT2D eigenvalue weighted by molar-refractivity contribution is 7.08. The van der Waals surface area contributed by atoms with E-state index in [1.54, 1.807) is 15.9 Å². The molecule has 2 N–H and O–H groups in total. The van der Waals surface area contributed by atoms with Crippen LogP contribution in [0.1, 0.15) is 12.8 Å². The molecule has 2 aromatic heterocycles. The zero-order chi connectivity index (χ0) is 13.5. The van der Waals surface area contributed by atoms with Crippen molar-refractivity contribution in [2.24, 2.45) is 5.92 Å². The molecule has 0 spiro atoms. The SMILES string of the molecule is O=C(NC1CC2CNC1C2)n1ccc(-c2ccsc2)c1. The normalized spacial score (nSPS) is 27.9. The summed E-state index contributed by atoms with van der Waals surface area (Å²) in [6.45, 7) is 1.11. The van der Waals surface area contributed by atoms with Crippen LogP contribution < -0.4 is 10.6 Å². The highest BCUT2D eigenvalue weighted by atomic mass is 32.1. The van der Waals surface area contributed by atoms with Crippen LogP contribution in [0.15, 0.2) is 35.3 Å². The van der Waals surface area contributed by atoms with Crippen molar-refractivity contribution in [2.75, 3.05) is 6.54 Å². The van der Waals surface area contributed by atoms with Crippen LogP contribution in [-0.4, -0.2) is 29.2 Å². The van der Waals surface area contributed by atoms with Gasteiger partial charge in [0.1, 0.15) is 0 Å². The Morgan fingerprint density at radius 3 is 3.00 bits per heavy atom. The maximum atomic E-state index is 12.3. The highest BCUT2D eigenvalue weighted by Crippen LogP contribution is 2.31. The van der Waals surface area contributed by atoms with Gasteiger partial charge in [-0.2, -0.15) is 11.3 Å². The summed E-state index contributed by atoms with van der Waals surface area (Å²) in [4.78, 5) is 12.3. The quantitative estimate of drug-likeness (QED) is 0.891. The van der Waals surface area contributed by atoms with E-state index < -0.39 is 0 Å². The Labute approximate surface area is 121 Å². The minimum Gasteiger partial charge on any atom is -0.333 e. The van der Waals surface area contributed by atoms with Crippen molar-refractivity contribution >= 4 is 17.4 Å². The molecule has 1 saturated carbocycles. The minimum atomic E-state index is -0.0224. The van der Waals surface area contributed by atoms with E-state index in [0.29, 0.717) is 6.04 Å². The molecule has 0 aromatic carbocycles. The van der Waals surface area contributed by atoms with Crippen molar-refractivity contribution in [3.8, 4) is 11.1 Å². The van der Waals surface area contributed by atoms with Crippen molar-refractivity contribution < 1.29 is 4.79 Å². The molecule has 1 saturated heterocycles. The maximum Gasteiger partial charge on any atom is 0.325 e. The maximum absolute atomic E-state index is 12.3. The number of carbonyl (C=O) groups excluding carboxylic acids is 1. The molecule has 1 amide bonds. The first-order valence-corrected chi connectivity index (χ1v) is 7.99. The van der Waals surface area contributed by atoms with Crippen LogP contribution in [0.25, 0.3) is 11.1 Å². The lowest BCUT2D eigenvalue weighted by atomic mass is 10.1. The fourth-order valence-corrected chi connectivity index (χ4v) is 4.03. The fourth-order valence-electron chi connectivity index (χ4n) is 3.37. The topological polar surface area (TPSA) is 46.1 Å². The van der Waals surface area contributed by atoms with Crippen molar-refractivity contribution in [1.82, 2.24) is 15.2 Å². The molecular formula is C15H17N3OS. The summed E-state index contributed by atoms with van der Waals surface area (Å²) in [6, 6.07) is 4.79. The number of rotatable bonds is 2. The monoisotopic (exact) mass is 287 g/mol. The van der Waals surface area contributed by atoms with Crippen LogP contribution in [0.4, 0.5) is 4.79 Å². The second-order valence-corrected chi connectivity index (χ2v) is 6.51. The number of fused-ring (bicyclic) bond motifs is 2. The van der Waals surface area contributed by atoms with Gasteiger partial charge in [-0.3, -0.25) is 4.57 Å². The minimum absolute atomic E-state index is 0.0224. The standard InChI is InChI=1S/C15H17N3OS/c19-15(17-14-6-10-5-13(14)16-7-10)18-3-1-11(8-18)12-2-4-20-9-12/h1-4,8-10,13-14,16H,5-7H2,(H,17,19). The fraction of sp³-hybridized carbons (Fsp3) is 0.400. The van der Waals surface area contributed by atoms with Crippen molar-refractivity contribution in [3.63, 3.8) is 0 Å². The van der Waals surface area contributed by atoms with Crippen LogP contribution >= 0.6 is 11.3 Å². The molecule has 2 aliphatic rings. The summed E-state index contributed by atoms with van der Waals surface area (Å²) >= 11 is 1.67. The lowest BCUT2D eigenvalue weighted by Gasteiger charge is -2.23. The van der Waals surface area contributed by atoms with E-state index in [1.807, 2.05) is 23.8 Å². The zero-order valence-electron chi connectivity index (χ0n) is 11.1. The van der Waals surface area contributed by atoms with E-state index in [-0.39, 0.29) is 12.1 Å². The molecular weight excluding hydrogens is 270 g/mol. The van der Waals surface area contributed by atoms with Gasteiger partial charge in [0.2, 0.25) is 0 Å². The van der Waals surface area contributed by atoms with Gasteiger partial charge in [0.15, 0.2) is 0 Å². The molecule has 1 aliphatic carbocycles. The van der Waals surface area contributed by atoms with Gasteiger partial charge in [-0.25, -0.2) is 4.79 Å². The van der Waals surface area contributed by atoms with E-state index in [0.717, 1.165) is 24.4 Å². The summed E-state index contributed by atoms with van der Waals surface area (Å²) < 4.78 is 1.65. The zero-order valence-corrected chi connectivity index (χ0v) is 11.9. The van der Waals surface area contributed by atoms with Gasteiger partial charge in [0.25, 0.3) is 0 Å². The van der Waals surface area contributed by atoms with Gasteiger partial charge in [-0.1, -0.05) is 0 Å². The molecule has 2 aromatic rings. The molecule has 4 rings (SSSR count). The first-order valence-electron chi connectivity index (χ1n) is 7.04. The Balaban J connectivity index is 1.46. The second kappa shape index (κ2) is 4.75. The molecule has 5 heteroatoms. The van der Waals surface area contributed by atoms with Gasteiger partial charge in [-0.05, 0) is 53.8 Å². The molecule has 20 heavy (non-hydrogen) atoms. The molecule has 1 aliphatic heterocycles. The summed E-state index contributed by atoms with van der Waals surface area (Å²) in [5, 5.41) is 10.8. The Bertz CT molecular complexity index is 619. The third-order valence-electron chi connectivity index (χ3n) is 4.42. The largest absolute Gasteiger partial charge is 0.333 e. The Morgan fingerprint density at radius 1 is 1.35 bits per heavy atom. The number of nitrogens with zero attached hydrogens (tertiary/aromatic N) is 1. The van der Waals surface area contributed by atoms with Crippen molar-refractivity contribution in [1.29, 1.82) is 0 Å². The second-order valence-electron chi connectivity index (χ2n) is 5.73. The Kier molecular flexibility index (Phi) is 2.89. The predicted octanol–water partition coefficient (Wildman–Crippen LogP) is 2.52. The number of nitrogens with one attached hydrogen (secondary N) is 2. The van der Waals surface area contributed by atoms with Crippen LogP contribution in [0.2, 0.25) is 0 Å². The van der Waals surface area contributed by atoms with E-state index >= 15 is 0 Å². The summed E-state index contributed by atoms with van der Waals surface area (Å²) in [6.07, 6.45) is 6.06. The van der Waals surface area contributed by atoms with Crippen LogP contribution in [0.3, 0.4) is 0 Å². The average molecular weight is 287 g/mol. The highest BCUT2D eigenvalue weighted by Gasteiger charge is 2.40. The molecule has 3 unspecified atom stereocenters. The first kappa shape index (κ1) is 12.2. The molecule has 104 valence electrons. The van der Waals surface area contributed by atoms with Crippen LogP contribution in [0, 0.1) is 5.92 Å². The lowest BCUT2D eigenvalue weighted by molar-refractivity contribution is 0.234. The number of amides is 1. The number of hydrogen-bond donors (Lipinski definition) is 2. The van der Waals surface area contributed by atoms with Gasteiger partial charge in [-0.15, -0.1) is 0 Å². The third-order valence-corrected chi connectivity index (χ3v) is 5.10. The molecule has 3 heterocycles. The van der Waals surface area contributed by atoms with Crippen molar-refractivity contribution in [3.05, 3.63) is 35.3 Å². The number of hydrogen-bond acceptors (Lipinski definition) is 3. The molecule has 2 fully saturated rings. The molecule has 0 radical (unpaired) electrons. The Hall–Kier alpha value is -1.59. The first-order chi connectivity index (χ1) is 9.79. The summed E-state index contributed by atoms with van der Waals surface area (Å²) in [5.74, 6) is 0.747. The smallest absolute Gasteiger partial charge is 0.325 e. The van der Waals surface area contributed by atoms with E-state index in [9.17, 15) is 4.79 Å².